The summed E-state index contributed by atoms with van der Waals surface area (Å²) in [6, 6.07) is 0. The number of nitrogens with zero attached hydrogens (tertiary/aromatic N) is 1. The molecule has 0 saturated heterocycles. The average Bonchev–Trinajstić information content (AvgIpc) is 1.88. The lowest BCUT2D eigenvalue weighted by Gasteiger charge is -2.07. The van der Waals surface area contributed by atoms with E-state index in [9.17, 15) is 0 Å². The van der Waals surface area contributed by atoms with Gasteiger partial charge in [-0.2, -0.15) is 0 Å². The van der Waals surface area contributed by atoms with Gasteiger partial charge in [-0.3, -0.25) is 0 Å². The summed E-state index contributed by atoms with van der Waals surface area (Å²) in [5, 5.41) is 11.5. The predicted octanol–water partition coefficient (Wildman–Crippen LogP) is 1.95. The zero-order valence-electron chi connectivity index (χ0n) is 5.59. The number of hydrogen-bond acceptors (Lipinski definition) is 2. The first-order chi connectivity index (χ1) is 4.33. The van der Waals surface area contributed by atoms with E-state index in [0.717, 1.165) is 25.0 Å². The molecule has 1 N–H and O–H groups in total. The highest BCUT2D eigenvalue weighted by Gasteiger charge is 2.03. The van der Waals surface area contributed by atoms with Crippen LogP contribution in [0.3, 0.4) is 0 Å². The Bertz CT molecular complexity index is 158. The van der Waals surface area contributed by atoms with Crippen molar-refractivity contribution in [3.63, 3.8) is 0 Å². The molecule has 0 amide bonds. The van der Waals surface area contributed by atoms with Gasteiger partial charge in [-0.15, -0.1) is 0 Å². The Labute approximate surface area is 54.9 Å². The lowest BCUT2D eigenvalue weighted by Crippen LogP contribution is -2.00. The van der Waals surface area contributed by atoms with E-state index in [-0.39, 0.29) is 0 Å². The molecule has 0 aromatic heterocycles. The summed E-state index contributed by atoms with van der Waals surface area (Å²) < 4.78 is 0. The molecule has 0 spiro atoms. The fourth-order valence-electron chi connectivity index (χ4n) is 1.06. The predicted molar refractivity (Wildman–Crippen MR) is 36.8 cm³/mol. The topological polar surface area (TPSA) is 32.6 Å². The SMILES string of the molecule is CC1=C/C(=N\O)CCC1. The van der Waals surface area contributed by atoms with Crippen molar-refractivity contribution in [2.24, 2.45) is 5.16 Å². The zero-order chi connectivity index (χ0) is 6.69. The van der Waals surface area contributed by atoms with Gasteiger partial charge in [0.1, 0.15) is 0 Å². The maximum Gasteiger partial charge on any atom is 0.0795 e. The van der Waals surface area contributed by atoms with Gasteiger partial charge in [-0.25, -0.2) is 0 Å². The molecule has 50 valence electrons. The Hall–Kier alpha value is -0.790. The van der Waals surface area contributed by atoms with E-state index in [1.807, 2.05) is 6.08 Å². The van der Waals surface area contributed by atoms with Gasteiger partial charge in [-0.05, 0) is 32.3 Å². The van der Waals surface area contributed by atoms with Gasteiger partial charge in [0.25, 0.3) is 0 Å². The largest absolute Gasteiger partial charge is 0.411 e. The second-order valence-electron chi connectivity index (χ2n) is 2.44. The normalized spacial score (nSPS) is 24.1. The van der Waals surface area contributed by atoms with E-state index in [2.05, 4.69) is 12.1 Å². The summed E-state index contributed by atoms with van der Waals surface area (Å²) in [6.45, 7) is 2.06. The van der Waals surface area contributed by atoms with Crippen LogP contribution in [0, 0.1) is 0 Å². The molecule has 1 aliphatic carbocycles. The van der Waals surface area contributed by atoms with Crippen LogP contribution in [0.15, 0.2) is 16.8 Å². The van der Waals surface area contributed by atoms with Crippen LogP contribution in [0.1, 0.15) is 26.2 Å². The Morgan fingerprint density at radius 2 is 2.33 bits per heavy atom. The van der Waals surface area contributed by atoms with Crippen LogP contribution in [0.5, 0.6) is 0 Å². The molecule has 0 radical (unpaired) electrons. The lowest BCUT2D eigenvalue weighted by molar-refractivity contribution is 0.317. The van der Waals surface area contributed by atoms with Crippen molar-refractivity contribution in [2.45, 2.75) is 26.2 Å². The fraction of sp³-hybridized carbons (Fsp3) is 0.571. The fourth-order valence-corrected chi connectivity index (χ4v) is 1.06. The van der Waals surface area contributed by atoms with Crippen LogP contribution >= 0.6 is 0 Å². The smallest absolute Gasteiger partial charge is 0.0795 e. The Balaban J connectivity index is 2.68. The van der Waals surface area contributed by atoms with Crippen LogP contribution in [0.2, 0.25) is 0 Å². The first-order valence-corrected chi connectivity index (χ1v) is 3.21. The number of rotatable bonds is 0. The van der Waals surface area contributed by atoms with Gasteiger partial charge in [0.15, 0.2) is 0 Å². The van der Waals surface area contributed by atoms with Crippen molar-refractivity contribution in [2.75, 3.05) is 0 Å². The maximum absolute atomic E-state index is 8.35. The third kappa shape index (κ3) is 1.56. The summed E-state index contributed by atoms with van der Waals surface area (Å²) >= 11 is 0. The van der Waals surface area contributed by atoms with Crippen LogP contribution in [0.4, 0.5) is 0 Å². The van der Waals surface area contributed by atoms with Crippen molar-refractivity contribution in [1.82, 2.24) is 0 Å². The quantitative estimate of drug-likeness (QED) is 0.389. The molecule has 9 heavy (non-hydrogen) atoms. The van der Waals surface area contributed by atoms with Crippen LogP contribution in [0.25, 0.3) is 0 Å². The van der Waals surface area contributed by atoms with Gasteiger partial charge in [0, 0.05) is 0 Å². The second kappa shape index (κ2) is 2.67. The summed E-state index contributed by atoms with van der Waals surface area (Å²) in [7, 11) is 0. The number of oxime groups is 1. The molecule has 0 aromatic rings. The molecule has 1 rings (SSSR count). The third-order valence-electron chi connectivity index (χ3n) is 1.55. The van der Waals surface area contributed by atoms with Gasteiger partial charge in [0.2, 0.25) is 0 Å². The van der Waals surface area contributed by atoms with Gasteiger partial charge in [-0.1, -0.05) is 10.7 Å². The van der Waals surface area contributed by atoms with Gasteiger partial charge >= 0.3 is 0 Å². The summed E-state index contributed by atoms with van der Waals surface area (Å²) in [4.78, 5) is 0. The summed E-state index contributed by atoms with van der Waals surface area (Å²) in [5.41, 5.74) is 2.13. The highest BCUT2D eigenvalue weighted by molar-refractivity contribution is 5.95. The lowest BCUT2D eigenvalue weighted by atomic mass is 10.00. The molecule has 0 bridgehead atoms. The summed E-state index contributed by atoms with van der Waals surface area (Å²) in [6.07, 6.45) is 5.15. The molecule has 0 saturated carbocycles. The number of hydrogen-bond donors (Lipinski definition) is 1. The van der Waals surface area contributed by atoms with Crippen molar-refractivity contribution in [3.8, 4) is 0 Å². The Morgan fingerprint density at radius 3 is 2.78 bits per heavy atom. The minimum absolute atomic E-state index is 0.818. The highest BCUT2D eigenvalue weighted by Crippen LogP contribution is 2.14. The van der Waals surface area contributed by atoms with E-state index in [0.29, 0.717) is 0 Å². The molecule has 0 atom stereocenters. The molecule has 0 aromatic carbocycles. The summed E-state index contributed by atoms with van der Waals surface area (Å²) in [5.74, 6) is 0. The zero-order valence-corrected chi connectivity index (χ0v) is 5.59. The molecular formula is C7H11NO. The van der Waals surface area contributed by atoms with Gasteiger partial charge in [0.05, 0.1) is 5.71 Å². The minimum Gasteiger partial charge on any atom is -0.411 e. The van der Waals surface area contributed by atoms with Crippen LogP contribution in [-0.2, 0) is 0 Å². The van der Waals surface area contributed by atoms with E-state index in [4.69, 9.17) is 5.21 Å². The standard InChI is InChI=1S/C7H11NO/c1-6-3-2-4-7(5-6)8-9/h5,9H,2-4H2,1H3/b8-7-. The van der Waals surface area contributed by atoms with E-state index >= 15 is 0 Å². The molecule has 1 aliphatic rings. The first-order valence-electron chi connectivity index (χ1n) is 3.21. The Kier molecular flexibility index (Phi) is 1.88. The van der Waals surface area contributed by atoms with Crippen molar-refractivity contribution in [1.29, 1.82) is 0 Å². The first kappa shape index (κ1) is 6.33. The van der Waals surface area contributed by atoms with Crippen molar-refractivity contribution < 1.29 is 5.21 Å². The van der Waals surface area contributed by atoms with Crippen LogP contribution < -0.4 is 0 Å². The van der Waals surface area contributed by atoms with Crippen molar-refractivity contribution >= 4 is 5.71 Å². The molecule has 0 aliphatic heterocycles. The van der Waals surface area contributed by atoms with E-state index in [1.54, 1.807) is 0 Å². The highest BCUT2D eigenvalue weighted by atomic mass is 16.4. The second-order valence-corrected chi connectivity index (χ2v) is 2.44. The number of allylic oxidation sites excluding steroid dienone is 2. The maximum atomic E-state index is 8.35. The molecule has 0 fully saturated rings. The van der Waals surface area contributed by atoms with E-state index in [1.165, 1.54) is 5.57 Å². The molecule has 0 heterocycles. The van der Waals surface area contributed by atoms with Gasteiger partial charge < -0.3 is 5.21 Å². The van der Waals surface area contributed by atoms with E-state index < -0.39 is 0 Å². The molecule has 0 unspecified atom stereocenters. The average molecular weight is 125 g/mol. The third-order valence-corrected chi connectivity index (χ3v) is 1.55. The minimum atomic E-state index is 0.818. The molecule has 2 nitrogen and oxygen atoms in total. The van der Waals surface area contributed by atoms with Crippen LogP contribution in [-0.4, -0.2) is 10.9 Å². The molecule has 2 heteroatoms. The Morgan fingerprint density at radius 1 is 1.56 bits per heavy atom. The molecular weight excluding hydrogens is 114 g/mol. The monoisotopic (exact) mass is 125 g/mol. The van der Waals surface area contributed by atoms with Crippen molar-refractivity contribution in [3.05, 3.63) is 11.6 Å².